The van der Waals surface area contributed by atoms with Crippen molar-refractivity contribution in [3.63, 3.8) is 0 Å². The van der Waals surface area contributed by atoms with E-state index in [9.17, 15) is 4.79 Å². The number of halogens is 1. The second-order valence-electron chi connectivity index (χ2n) is 4.48. The Morgan fingerprint density at radius 3 is 2.47 bits per heavy atom. The molecule has 0 unspecified atom stereocenters. The van der Waals surface area contributed by atoms with Gasteiger partial charge in [-0.25, -0.2) is 0 Å². The number of rotatable bonds is 2. The average Bonchev–Trinajstić information content (AvgIpc) is 2.39. The van der Waals surface area contributed by atoms with Crippen LogP contribution in [0.4, 0.5) is 0 Å². The van der Waals surface area contributed by atoms with Gasteiger partial charge in [-0.2, -0.15) is 5.26 Å². The van der Waals surface area contributed by atoms with E-state index in [1.165, 1.54) is 0 Å². The molecular formula is C15H13ClN2O. The maximum atomic E-state index is 12.2. The van der Waals surface area contributed by atoms with Crippen molar-refractivity contribution in [2.45, 2.75) is 20.4 Å². The number of nitrogens with zero attached hydrogens (tertiary/aromatic N) is 2. The lowest BCUT2D eigenvalue weighted by Gasteiger charge is -2.10. The second kappa shape index (κ2) is 5.29. The molecule has 1 aromatic carbocycles. The molecule has 0 saturated heterocycles. The minimum Gasteiger partial charge on any atom is -0.310 e. The zero-order valence-corrected chi connectivity index (χ0v) is 11.5. The molecule has 1 heterocycles. The fraction of sp³-hybridized carbons (Fsp3) is 0.200. The van der Waals surface area contributed by atoms with Crippen molar-refractivity contribution in [3.8, 4) is 6.07 Å². The van der Waals surface area contributed by atoms with Gasteiger partial charge in [0.1, 0.15) is 11.6 Å². The quantitative estimate of drug-likeness (QED) is 0.843. The molecule has 2 rings (SSSR count). The van der Waals surface area contributed by atoms with Crippen molar-refractivity contribution in [1.29, 1.82) is 5.26 Å². The van der Waals surface area contributed by atoms with Gasteiger partial charge in [0, 0.05) is 11.2 Å². The van der Waals surface area contributed by atoms with Crippen molar-refractivity contribution in [1.82, 2.24) is 4.57 Å². The van der Waals surface area contributed by atoms with Gasteiger partial charge in [-0.15, -0.1) is 0 Å². The van der Waals surface area contributed by atoms with E-state index in [0.717, 1.165) is 16.7 Å². The lowest BCUT2D eigenvalue weighted by molar-refractivity contribution is 0.748. The summed E-state index contributed by atoms with van der Waals surface area (Å²) in [6.07, 6.45) is 1.78. The lowest BCUT2D eigenvalue weighted by atomic mass is 10.1. The number of hydrogen-bond donors (Lipinski definition) is 0. The van der Waals surface area contributed by atoms with Crippen LogP contribution in [-0.4, -0.2) is 4.57 Å². The van der Waals surface area contributed by atoms with Crippen molar-refractivity contribution in [2.75, 3.05) is 0 Å². The monoisotopic (exact) mass is 272 g/mol. The molecular weight excluding hydrogens is 260 g/mol. The van der Waals surface area contributed by atoms with Gasteiger partial charge < -0.3 is 4.57 Å². The van der Waals surface area contributed by atoms with Crippen molar-refractivity contribution < 1.29 is 0 Å². The van der Waals surface area contributed by atoms with Crippen LogP contribution in [0.25, 0.3) is 0 Å². The van der Waals surface area contributed by atoms with Crippen molar-refractivity contribution >= 4 is 11.6 Å². The second-order valence-corrected chi connectivity index (χ2v) is 4.92. The van der Waals surface area contributed by atoms with E-state index >= 15 is 0 Å². The van der Waals surface area contributed by atoms with Crippen LogP contribution in [0.5, 0.6) is 0 Å². The molecule has 0 spiro atoms. The van der Waals surface area contributed by atoms with Crippen LogP contribution < -0.4 is 5.56 Å². The van der Waals surface area contributed by atoms with Crippen LogP contribution in [-0.2, 0) is 6.54 Å². The van der Waals surface area contributed by atoms with Crippen LogP contribution in [0.1, 0.15) is 22.3 Å². The molecule has 96 valence electrons. The van der Waals surface area contributed by atoms with Gasteiger partial charge in [-0.3, -0.25) is 4.79 Å². The highest BCUT2D eigenvalue weighted by Gasteiger charge is 2.10. The van der Waals surface area contributed by atoms with E-state index in [-0.39, 0.29) is 11.1 Å². The summed E-state index contributed by atoms with van der Waals surface area (Å²) in [7, 11) is 0. The van der Waals surface area contributed by atoms with Gasteiger partial charge in [0.2, 0.25) is 0 Å². The van der Waals surface area contributed by atoms with E-state index < -0.39 is 0 Å². The smallest absolute Gasteiger partial charge is 0.269 e. The topological polar surface area (TPSA) is 45.8 Å². The van der Waals surface area contributed by atoms with E-state index in [0.29, 0.717) is 11.6 Å². The molecule has 3 nitrogen and oxygen atoms in total. The van der Waals surface area contributed by atoms with Gasteiger partial charge in [-0.1, -0.05) is 23.7 Å². The third kappa shape index (κ3) is 2.69. The predicted molar refractivity (Wildman–Crippen MR) is 75.4 cm³/mol. The largest absolute Gasteiger partial charge is 0.310 e. The summed E-state index contributed by atoms with van der Waals surface area (Å²) in [4.78, 5) is 12.2. The highest BCUT2D eigenvalue weighted by atomic mass is 35.5. The van der Waals surface area contributed by atoms with Crippen molar-refractivity contribution in [3.05, 3.63) is 68.1 Å². The molecule has 0 saturated carbocycles. The van der Waals surface area contributed by atoms with Gasteiger partial charge in [0.05, 0.1) is 6.54 Å². The molecule has 0 bridgehead atoms. The zero-order chi connectivity index (χ0) is 14.0. The first-order chi connectivity index (χ1) is 9.02. The molecule has 0 radical (unpaired) electrons. The number of nitriles is 1. The number of aryl methyl sites for hydroxylation is 1. The molecule has 0 aliphatic rings. The number of hydrogen-bond acceptors (Lipinski definition) is 2. The summed E-state index contributed by atoms with van der Waals surface area (Å²) in [6, 6.07) is 9.30. The Kier molecular flexibility index (Phi) is 3.73. The van der Waals surface area contributed by atoms with Gasteiger partial charge in [0.25, 0.3) is 5.56 Å². The number of aromatic nitrogens is 1. The van der Waals surface area contributed by atoms with Crippen LogP contribution in [0.15, 0.2) is 35.3 Å². The Hall–Kier alpha value is -2.05. The molecule has 4 heteroatoms. The number of pyridine rings is 1. The fourth-order valence-corrected chi connectivity index (χ4v) is 2.05. The fourth-order valence-electron chi connectivity index (χ4n) is 1.93. The Morgan fingerprint density at radius 1 is 1.26 bits per heavy atom. The zero-order valence-electron chi connectivity index (χ0n) is 10.8. The van der Waals surface area contributed by atoms with Crippen LogP contribution in [0.2, 0.25) is 5.02 Å². The molecule has 0 aliphatic heterocycles. The maximum absolute atomic E-state index is 12.2. The molecule has 0 aliphatic carbocycles. The Bertz CT molecular complexity index is 709. The Labute approximate surface area is 116 Å². The van der Waals surface area contributed by atoms with E-state index in [2.05, 4.69) is 0 Å². The Morgan fingerprint density at radius 2 is 1.89 bits per heavy atom. The summed E-state index contributed by atoms with van der Waals surface area (Å²) in [5, 5.41) is 9.73. The highest BCUT2D eigenvalue weighted by Crippen LogP contribution is 2.12. The molecule has 2 aromatic rings. The van der Waals surface area contributed by atoms with E-state index in [1.807, 2.05) is 25.1 Å². The third-order valence-electron chi connectivity index (χ3n) is 3.17. The van der Waals surface area contributed by atoms with Crippen molar-refractivity contribution in [2.24, 2.45) is 0 Å². The molecule has 0 amide bonds. The lowest BCUT2D eigenvalue weighted by Crippen LogP contribution is -2.24. The Balaban J connectivity index is 2.47. The first kappa shape index (κ1) is 13.4. The minimum atomic E-state index is -0.249. The van der Waals surface area contributed by atoms with E-state index in [4.69, 9.17) is 16.9 Å². The summed E-state index contributed by atoms with van der Waals surface area (Å²) in [5.74, 6) is 0. The first-order valence-electron chi connectivity index (χ1n) is 5.88. The normalized spacial score (nSPS) is 10.2. The molecule has 1 aromatic heterocycles. The van der Waals surface area contributed by atoms with Crippen LogP contribution in [0.3, 0.4) is 0 Å². The van der Waals surface area contributed by atoms with Gasteiger partial charge >= 0.3 is 0 Å². The SMILES string of the molecule is Cc1cn(Cc2ccc(Cl)cc2)c(=O)c(C#N)c1C. The summed E-state index contributed by atoms with van der Waals surface area (Å²) < 4.78 is 1.56. The number of benzene rings is 1. The molecule has 19 heavy (non-hydrogen) atoms. The van der Waals surface area contributed by atoms with Crippen LogP contribution in [0, 0.1) is 25.2 Å². The third-order valence-corrected chi connectivity index (χ3v) is 3.42. The highest BCUT2D eigenvalue weighted by molar-refractivity contribution is 6.30. The first-order valence-corrected chi connectivity index (χ1v) is 6.26. The molecule has 0 N–H and O–H groups in total. The van der Waals surface area contributed by atoms with E-state index in [1.54, 1.807) is 29.8 Å². The van der Waals surface area contributed by atoms with Crippen LogP contribution >= 0.6 is 11.6 Å². The van der Waals surface area contributed by atoms with Gasteiger partial charge in [-0.05, 0) is 42.7 Å². The molecule has 0 atom stereocenters. The average molecular weight is 273 g/mol. The molecule has 0 fully saturated rings. The standard InChI is InChI=1S/C15H13ClN2O/c1-10-8-18(15(19)14(7-17)11(10)2)9-12-3-5-13(16)6-4-12/h3-6,8H,9H2,1-2H3. The van der Waals surface area contributed by atoms with Gasteiger partial charge in [0.15, 0.2) is 0 Å². The summed E-state index contributed by atoms with van der Waals surface area (Å²) in [5.41, 5.74) is 2.62. The predicted octanol–water partition coefficient (Wildman–Crippen LogP) is 3.04. The summed E-state index contributed by atoms with van der Waals surface area (Å²) >= 11 is 5.83. The summed E-state index contributed by atoms with van der Waals surface area (Å²) in [6.45, 7) is 4.13. The maximum Gasteiger partial charge on any atom is 0.269 e. The minimum absolute atomic E-state index is 0.217.